The van der Waals surface area contributed by atoms with E-state index < -0.39 is 11.4 Å². The van der Waals surface area contributed by atoms with E-state index in [1.54, 1.807) is 6.20 Å². The SMILES string of the molecule is O=C(Cc1ccccn1)N1CC[C@]2(C[C@@H](Oc3ncccc3F)CO2)C1. The Balaban J connectivity index is 1.35. The fourth-order valence-electron chi connectivity index (χ4n) is 3.61. The van der Waals surface area contributed by atoms with Gasteiger partial charge in [0.2, 0.25) is 5.91 Å². The lowest BCUT2D eigenvalue weighted by Crippen LogP contribution is -2.37. The molecule has 0 unspecified atom stereocenters. The molecule has 4 heterocycles. The van der Waals surface area contributed by atoms with E-state index in [1.807, 2.05) is 23.1 Å². The summed E-state index contributed by atoms with van der Waals surface area (Å²) in [7, 11) is 0. The zero-order chi connectivity index (χ0) is 18.0. The Hall–Kier alpha value is -2.54. The molecule has 2 saturated heterocycles. The lowest BCUT2D eigenvalue weighted by atomic mass is 9.98. The van der Waals surface area contributed by atoms with Gasteiger partial charge in [-0.3, -0.25) is 9.78 Å². The van der Waals surface area contributed by atoms with Crippen molar-refractivity contribution in [1.82, 2.24) is 14.9 Å². The molecular formula is C19H20FN3O3. The fourth-order valence-corrected chi connectivity index (χ4v) is 3.61. The van der Waals surface area contributed by atoms with Crippen LogP contribution in [-0.2, 0) is 16.0 Å². The number of halogens is 1. The number of hydrogen-bond acceptors (Lipinski definition) is 5. The number of carbonyl (C=O) groups is 1. The first-order valence-electron chi connectivity index (χ1n) is 8.72. The molecule has 2 aliphatic rings. The second-order valence-corrected chi connectivity index (χ2v) is 6.79. The first kappa shape index (κ1) is 16.9. The van der Waals surface area contributed by atoms with E-state index in [-0.39, 0.29) is 24.3 Å². The Labute approximate surface area is 151 Å². The molecule has 136 valence electrons. The van der Waals surface area contributed by atoms with E-state index in [2.05, 4.69) is 9.97 Å². The zero-order valence-electron chi connectivity index (χ0n) is 14.3. The molecule has 2 aromatic rings. The minimum absolute atomic E-state index is 0.000712. The molecule has 7 heteroatoms. The van der Waals surface area contributed by atoms with E-state index in [1.165, 1.54) is 18.3 Å². The quantitative estimate of drug-likeness (QED) is 0.837. The topological polar surface area (TPSA) is 64.6 Å². The van der Waals surface area contributed by atoms with Gasteiger partial charge in [-0.1, -0.05) is 6.07 Å². The van der Waals surface area contributed by atoms with Crippen molar-refractivity contribution in [1.29, 1.82) is 0 Å². The second kappa shape index (κ2) is 6.99. The van der Waals surface area contributed by atoms with Gasteiger partial charge in [0.25, 0.3) is 5.88 Å². The van der Waals surface area contributed by atoms with Gasteiger partial charge in [0, 0.05) is 37.6 Å². The third-order valence-corrected chi connectivity index (χ3v) is 4.91. The van der Waals surface area contributed by atoms with Crippen LogP contribution in [0.3, 0.4) is 0 Å². The van der Waals surface area contributed by atoms with Crippen LogP contribution >= 0.6 is 0 Å². The van der Waals surface area contributed by atoms with Crippen molar-refractivity contribution in [2.24, 2.45) is 0 Å². The summed E-state index contributed by atoms with van der Waals surface area (Å²) in [6.45, 7) is 1.55. The predicted octanol–water partition coefficient (Wildman–Crippen LogP) is 2.00. The fraction of sp³-hybridized carbons (Fsp3) is 0.421. The predicted molar refractivity (Wildman–Crippen MR) is 91.0 cm³/mol. The van der Waals surface area contributed by atoms with Crippen LogP contribution in [0.4, 0.5) is 4.39 Å². The number of hydrogen-bond donors (Lipinski definition) is 0. The Morgan fingerprint density at radius 3 is 3.00 bits per heavy atom. The Kier molecular flexibility index (Phi) is 4.55. The summed E-state index contributed by atoms with van der Waals surface area (Å²) in [4.78, 5) is 22.5. The number of aromatic nitrogens is 2. The van der Waals surface area contributed by atoms with Gasteiger partial charge < -0.3 is 14.4 Å². The van der Waals surface area contributed by atoms with Crippen molar-refractivity contribution in [3.63, 3.8) is 0 Å². The van der Waals surface area contributed by atoms with Gasteiger partial charge in [0.05, 0.1) is 18.6 Å². The first-order chi connectivity index (χ1) is 12.6. The third kappa shape index (κ3) is 3.53. The highest BCUT2D eigenvalue weighted by molar-refractivity contribution is 5.78. The first-order valence-corrected chi connectivity index (χ1v) is 8.72. The number of likely N-dealkylation sites (tertiary alicyclic amines) is 1. The van der Waals surface area contributed by atoms with Gasteiger partial charge in [0.1, 0.15) is 6.10 Å². The highest BCUT2D eigenvalue weighted by Gasteiger charge is 2.47. The van der Waals surface area contributed by atoms with Crippen molar-refractivity contribution >= 4 is 5.91 Å². The smallest absolute Gasteiger partial charge is 0.250 e. The molecule has 6 nitrogen and oxygen atoms in total. The van der Waals surface area contributed by atoms with Gasteiger partial charge in [0.15, 0.2) is 5.82 Å². The summed E-state index contributed by atoms with van der Waals surface area (Å²) >= 11 is 0. The van der Waals surface area contributed by atoms with Crippen molar-refractivity contribution in [2.45, 2.75) is 31.0 Å². The van der Waals surface area contributed by atoms with E-state index >= 15 is 0 Å². The molecule has 2 aliphatic heterocycles. The molecule has 0 N–H and O–H groups in total. The maximum Gasteiger partial charge on any atom is 0.250 e. The molecular weight excluding hydrogens is 337 g/mol. The van der Waals surface area contributed by atoms with E-state index in [0.717, 1.165) is 12.1 Å². The van der Waals surface area contributed by atoms with Crippen LogP contribution in [-0.4, -0.2) is 52.2 Å². The summed E-state index contributed by atoms with van der Waals surface area (Å²) in [6, 6.07) is 8.40. The second-order valence-electron chi connectivity index (χ2n) is 6.79. The van der Waals surface area contributed by atoms with Gasteiger partial charge >= 0.3 is 0 Å². The van der Waals surface area contributed by atoms with Gasteiger partial charge in [-0.2, -0.15) is 0 Å². The largest absolute Gasteiger partial charge is 0.470 e. The Bertz CT molecular complexity index is 789. The van der Waals surface area contributed by atoms with Crippen molar-refractivity contribution in [2.75, 3.05) is 19.7 Å². The molecule has 1 amide bonds. The van der Waals surface area contributed by atoms with Crippen LogP contribution in [0.15, 0.2) is 42.7 Å². The molecule has 0 aromatic carbocycles. The van der Waals surface area contributed by atoms with Crippen molar-refractivity contribution in [3.05, 3.63) is 54.2 Å². The standard InChI is InChI=1S/C19H20FN3O3/c20-16-5-3-8-22-18(16)26-15-11-19(25-12-15)6-9-23(13-19)17(24)10-14-4-1-2-7-21-14/h1-5,7-8,15H,6,9-13H2/t15-,19+/m1/s1. The van der Waals surface area contributed by atoms with Gasteiger partial charge in [-0.05, 0) is 30.7 Å². The summed E-state index contributed by atoms with van der Waals surface area (Å²) in [5, 5.41) is 0. The van der Waals surface area contributed by atoms with Crippen LogP contribution in [0.5, 0.6) is 5.88 Å². The van der Waals surface area contributed by atoms with Gasteiger partial charge in [-0.15, -0.1) is 0 Å². The minimum Gasteiger partial charge on any atom is -0.470 e. The molecule has 2 atom stereocenters. The molecule has 0 aliphatic carbocycles. The Morgan fingerprint density at radius 2 is 2.19 bits per heavy atom. The van der Waals surface area contributed by atoms with E-state index in [9.17, 15) is 9.18 Å². The molecule has 2 aromatic heterocycles. The number of pyridine rings is 2. The molecule has 0 radical (unpaired) electrons. The normalized spacial score (nSPS) is 25.0. The molecule has 4 rings (SSSR count). The van der Waals surface area contributed by atoms with Crippen molar-refractivity contribution < 1.29 is 18.7 Å². The molecule has 2 fully saturated rings. The zero-order valence-corrected chi connectivity index (χ0v) is 14.3. The van der Waals surface area contributed by atoms with Gasteiger partial charge in [-0.25, -0.2) is 9.37 Å². The van der Waals surface area contributed by atoms with E-state index in [4.69, 9.17) is 9.47 Å². The van der Waals surface area contributed by atoms with Crippen LogP contribution in [0.25, 0.3) is 0 Å². The monoisotopic (exact) mass is 357 g/mol. The third-order valence-electron chi connectivity index (χ3n) is 4.91. The average Bonchev–Trinajstić information content (AvgIpc) is 3.25. The number of nitrogens with zero attached hydrogens (tertiary/aromatic N) is 3. The lowest BCUT2D eigenvalue weighted by Gasteiger charge is -2.23. The Morgan fingerprint density at radius 1 is 1.31 bits per heavy atom. The minimum atomic E-state index is -0.480. The molecule has 0 saturated carbocycles. The summed E-state index contributed by atoms with van der Waals surface area (Å²) in [5.41, 5.74) is 0.355. The molecule has 26 heavy (non-hydrogen) atoms. The van der Waals surface area contributed by atoms with Crippen molar-refractivity contribution in [3.8, 4) is 5.88 Å². The number of carbonyl (C=O) groups excluding carboxylic acids is 1. The number of rotatable bonds is 4. The summed E-state index contributed by atoms with van der Waals surface area (Å²) in [6.07, 6.45) is 4.59. The van der Waals surface area contributed by atoms with Crippen LogP contribution < -0.4 is 4.74 Å². The summed E-state index contributed by atoms with van der Waals surface area (Å²) in [5.74, 6) is -0.435. The summed E-state index contributed by atoms with van der Waals surface area (Å²) < 4.78 is 25.3. The highest BCUT2D eigenvalue weighted by atomic mass is 19.1. The molecule has 0 bridgehead atoms. The maximum atomic E-state index is 13.7. The van der Waals surface area contributed by atoms with E-state index in [0.29, 0.717) is 26.1 Å². The average molecular weight is 357 g/mol. The van der Waals surface area contributed by atoms with Crippen LogP contribution in [0.2, 0.25) is 0 Å². The highest BCUT2D eigenvalue weighted by Crippen LogP contribution is 2.36. The number of ether oxygens (including phenoxy) is 2. The maximum absolute atomic E-state index is 13.7. The number of amides is 1. The van der Waals surface area contributed by atoms with Crippen LogP contribution in [0, 0.1) is 5.82 Å². The molecule has 1 spiro atoms. The lowest BCUT2D eigenvalue weighted by molar-refractivity contribution is -0.130. The van der Waals surface area contributed by atoms with Crippen LogP contribution in [0.1, 0.15) is 18.5 Å².